The number of anilines is 1. The summed E-state index contributed by atoms with van der Waals surface area (Å²) >= 11 is 5.91. The molecular weight excluding hydrogens is 350 g/mol. The van der Waals surface area contributed by atoms with Crippen LogP contribution in [0.2, 0.25) is 5.02 Å². The van der Waals surface area contributed by atoms with E-state index in [-0.39, 0.29) is 5.91 Å². The fourth-order valence-electron chi connectivity index (χ4n) is 2.28. The number of aryl methyl sites for hydroxylation is 1. The maximum atomic E-state index is 11.8. The summed E-state index contributed by atoms with van der Waals surface area (Å²) in [6.07, 6.45) is 2.59. The second-order valence-corrected chi connectivity index (χ2v) is 6.58. The van der Waals surface area contributed by atoms with Crippen molar-refractivity contribution in [3.05, 3.63) is 58.6 Å². The molecule has 2 aromatic rings. The van der Waals surface area contributed by atoms with Crippen molar-refractivity contribution in [3.8, 4) is 5.75 Å². The molecule has 2 rings (SSSR count). The number of hydrogen-bond donors (Lipinski definition) is 1. The van der Waals surface area contributed by atoms with Gasteiger partial charge in [0, 0.05) is 31.2 Å². The fraction of sp³-hybridized carbons (Fsp3) is 0.300. The van der Waals surface area contributed by atoms with Crippen molar-refractivity contribution >= 4 is 29.4 Å². The van der Waals surface area contributed by atoms with E-state index in [4.69, 9.17) is 16.3 Å². The topological polar surface area (TPSA) is 53.9 Å². The predicted molar refractivity (Wildman–Crippen MR) is 107 cm³/mol. The smallest absolute Gasteiger partial charge is 0.240 e. The third-order valence-electron chi connectivity index (χ3n) is 3.76. The molecule has 1 N–H and O–H groups in total. The van der Waals surface area contributed by atoms with Crippen molar-refractivity contribution < 1.29 is 9.53 Å². The van der Waals surface area contributed by atoms with Gasteiger partial charge in [0.25, 0.3) is 0 Å². The highest BCUT2D eigenvalue weighted by atomic mass is 35.5. The molecule has 0 aliphatic heterocycles. The van der Waals surface area contributed by atoms with E-state index in [2.05, 4.69) is 10.5 Å². The Kier molecular flexibility index (Phi) is 7.48. The van der Waals surface area contributed by atoms with E-state index in [1.54, 1.807) is 12.3 Å². The van der Waals surface area contributed by atoms with Crippen LogP contribution in [0.1, 0.15) is 24.0 Å². The average Bonchev–Trinajstić information content (AvgIpc) is 2.60. The van der Waals surface area contributed by atoms with Gasteiger partial charge in [-0.25, -0.2) is 5.43 Å². The molecule has 138 valence electrons. The summed E-state index contributed by atoms with van der Waals surface area (Å²) < 4.78 is 5.67. The van der Waals surface area contributed by atoms with Crippen LogP contribution in [0.25, 0.3) is 0 Å². The molecule has 6 heteroatoms. The standard InChI is InChI=1S/C20H24ClN3O2/c1-15-13-17(21)8-11-19(15)26-12-4-5-20(25)23-22-14-16-6-9-18(10-7-16)24(2)3/h6-11,13-14H,4-5,12H2,1-3H3,(H,23,25)/b22-14-. The lowest BCUT2D eigenvalue weighted by molar-refractivity contribution is -0.121. The van der Waals surface area contributed by atoms with Crippen molar-refractivity contribution in [2.24, 2.45) is 5.10 Å². The molecule has 1 amide bonds. The Morgan fingerprint density at radius 2 is 1.96 bits per heavy atom. The molecule has 0 spiro atoms. The second-order valence-electron chi connectivity index (χ2n) is 6.14. The lowest BCUT2D eigenvalue weighted by atomic mass is 10.2. The molecule has 0 aliphatic rings. The number of rotatable bonds is 8. The number of hydrazone groups is 1. The second kappa shape index (κ2) is 9.82. The number of nitrogens with zero attached hydrogens (tertiary/aromatic N) is 2. The maximum Gasteiger partial charge on any atom is 0.240 e. The Hall–Kier alpha value is -2.53. The Morgan fingerprint density at radius 1 is 1.23 bits per heavy atom. The van der Waals surface area contributed by atoms with Gasteiger partial charge in [0.05, 0.1) is 12.8 Å². The van der Waals surface area contributed by atoms with Crippen LogP contribution in [-0.2, 0) is 4.79 Å². The van der Waals surface area contributed by atoms with Crippen LogP contribution < -0.4 is 15.1 Å². The first-order chi connectivity index (χ1) is 12.5. The monoisotopic (exact) mass is 373 g/mol. The lowest BCUT2D eigenvalue weighted by Crippen LogP contribution is -2.18. The minimum Gasteiger partial charge on any atom is -0.493 e. The summed E-state index contributed by atoms with van der Waals surface area (Å²) in [5.41, 5.74) is 5.55. The van der Waals surface area contributed by atoms with Crippen LogP contribution in [-0.4, -0.2) is 32.8 Å². The number of carbonyl (C=O) groups is 1. The first-order valence-electron chi connectivity index (χ1n) is 8.44. The molecule has 26 heavy (non-hydrogen) atoms. The Bertz CT molecular complexity index is 758. The van der Waals surface area contributed by atoms with Crippen LogP contribution in [0, 0.1) is 6.92 Å². The average molecular weight is 374 g/mol. The molecule has 0 radical (unpaired) electrons. The van der Waals surface area contributed by atoms with Gasteiger partial charge < -0.3 is 9.64 Å². The first-order valence-corrected chi connectivity index (χ1v) is 8.82. The number of ether oxygens (including phenoxy) is 1. The van der Waals surface area contributed by atoms with Gasteiger partial charge in [-0.1, -0.05) is 23.7 Å². The van der Waals surface area contributed by atoms with E-state index in [1.807, 2.05) is 62.3 Å². The molecule has 0 aromatic heterocycles. The van der Waals surface area contributed by atoms with Crippen LogP contribution in [0.3, 0.4) is 0 Å². The Balaban J connectivity index is 1.68. The number of nitrogens with one attached hydrogen (secondary N) is 1. The van der Waals surface area contributed by atoms with Gasteiger partial charge in [0.15, 0.2) is 0 Å². The highest BCUT2D eigenvalue weighted by Crippen LogP contribution is 2.21. The maximum absolute atomic E-state index is 11.8. The molecule has 0 unspecified atom stereocenters. The van der Waals surface area contributed by atoms with Gasteiger partial charge in [-0.15, -0.1) is 0 Å². The summed E-state index contributed by atoms with van der Waals surface area (Å²) in [6, 6.07) is 13.4. The minimum absolute atomic E-state index is 0.136. The number of amides is 1. The summed E-state index contributed by atoms with van der Waals surface area (Å²) in [5.74, 6) is 0.650. The van der Waals surface area contributed by atoms with Crippen molar-refractivity contribution in [3.63, 3.8) is 0 Å². The fourth-order valence-corrected chi connectivity index (χ4v) is 2.51. The molecule has 0 aliphatic carbocycles. The molecule has 0 saturated heterocycles. The zero-order valence-corrected chi connectivity index (χ0v) is 16.1. The van der Waals surface area contributed by atoms with Crippen molar-refractivity contribution in [2.75, 3.05) is 25.6 Å². The van der Waals surface area contributed by atoms with Gasteiger partial charge >= 0.3 is 0 Å². The molecular formula is C20H24ClN3O2. The lowest BCUT2D eigenvalue weighted by Gasteiger charge is -2.11. The van der Waals surface area contributed by atoms with Gasteiger partial charge in [0.2, 0.25) is 5.91 Å². The normalized spacial score (nSPS) is 10.8. The quantitative estimate of drug-likeness (QED) is 0.432. The molecule has 2 aromatic carbocycles. The molecule has 0 heterocycles. The minimum atomic E-state index is -0.136. The van der Waals surface area contributed by atoms with Gasteiger partial charge in [-0.3, -0.25) is 4.79 Å². The predicted octanol–water partition coefficient (Wildman–Crippen LogP) is 4.02. The zero-order chi connectivity index (χ0) is 18.9. The Labute approximate surface area is 159 Å². The summed E-state index contributed by atoms with van der Waals surface area (Å²) in [5, 5.41) is 4.67. The molecule has 0 saturated carbocycles. The van der Waals surface area contributed by atoms with Gasteiger partial charge in [-0.2, -0.15) is 5.10 Å². The highest BCUT2D eigenvalue weighted by Gasteiger charge is 2.03. The molecule has 0 fully saturated rings. The van der Waals surface area contributed by atoms with E-state index in [9.17, 15) is 4.79 Å². The van der Waals surface area contributed by atoms with E-state index >= 15 is 0 Å². The Morgan fingerprint density at radius 3 is 2.62 bits per heavy atom. The first kappa shape index (κ1) is 19.8. The van der Waals surface area contributed by atoms with E-state index < -0.39 is 0 Å². The van der Waals surface area contributed by atoms with Gasteiger partial charge in [0.1, 0.15) is 5.75 Å². The third kappa shape index (κ3) is 6.41. The van der Waals surface area contributed by atoms with Crippen molar-refractivity contribution in [1.82, 2.24) is 5.43 Å². The zero-order valence-electron chi connectivity index (χ0n) is 15.3. The summed E-state index contributed by atoms with van der Waals surface area (Å²) in [6.45, 7) is 2.40. The SMILES string of the molecule is Cc1cc(Cl)ccc1OCCCC(=O)N/N=C\c1ccc(N(C)C)cc1. The number of benzene rings is 2. The number of carbonyl (C=O) groups excluding carboxylic acids is 1. The van der Waals surface area contributed by atoms with Crippen LogP contribution in [0.4, 0.5) is 5.69 Å². The molecule has 0 bridgehead atoms. The highest BCUT2D eigenvalue weighted by molar-refractivity contribution is 6.30. The number of hydrogen-bond acceptors (Lipinski definition) is 4. The van der Waals surface area contributed by atoms with Crippen LogP contribution >= 0.6 is 11.6 Å². The van der Waals surface area contributed by atoms with E-state index in [1.165, 1.54) is 0 Å². The van der Waals surface area contributed by atoms with E-state index in [0.717, 1.165) is 22.6 Å². The van der Waals surface area contributed by atoms with Crippen LogP contribution in [0.15, 0.2) is 47.6 Å². The summed E-state index contributed by atoms with van der Waals surface area (Å²) in [4.78, 5) is 13.8. The van der Waals surface area contributed by atoms with Crippen molar-refractivity contribution in [2.45, 2.75) is 19.8 Å². The number of halogens is 1. The molecule has 0 atom stereocenters. The van der Waals surface area contributed by atoms with E-state index in [0.29, 0.717) is 24.5 Å². The van der Waals surface area contributed by atoms with Crippen LogP contribution in [0.5, 0.6) is 5.75 Å². The largest absolute Gasteiger partial charge is 0.493 e. The third-order valence-corrected chi connectivity index (χ3v) is 3.99. The summed E-state index contributed by atoms with van der Waals surface area (Å²) in [7, 11) is 3.97. The van der Waals surface area contributed by atoms with Crippen molar-refractivity contribution in [1.29, 1.82) is 0 Å². The molecule has 5 nitrogen and oxygen atoms in total. The van der Waals surface area contributed by atoms with Gasteiger partial charge in [-0.05, 0) is 54.8 Å².